The summed E-state index contributed by atoms with van der Waals surface area (Å²) in [5.41, 5.74) is 0.830. The Hall–Kier alpha value is -1.17. The third-order valence-electron chi connectivity index (χ3n) is 2.39. The van der Waals surface area contributed by atoms with Gasteiger partial charge in [0, 0.05) is 30.4 Å². The number of alkyl halides is 3. The summed E-state index contributed by atoms with van der Waals surface area (Å²) in [5.74, 6) is 0. The first-order chi connectivity index (χ1) is 8.03. The molecule has 0 saturated heterocycles. The van der Waals surface area contributed by atoms with Gasteiger partial charge in [-0.3, -0.25) is 0 Å². The SMILES string of the molecule is CCNC(CCCC(F)(F)F)c1cncnc1. The van der Waals surface area contributed by atoms with Gasteiger partial charge >= 0.3 is 6.18 Å². The highest BCUT2D eigenvalue weighted by Crippen LogP contribution is 2.25. The van der Waals surface area contributed by atoms with Crippen molar-refractivity contribution in [3.63, 3.8) is 0 Å². The Morgan fingerprint density at radius 2 is 1.94 bits per heavy atom. The zero-order valence-electron chi connectivity index (χ0n) is 9.67. The monoisotopic (exact) mass is 247 g/mol. The van der Waals surface area contributed by atoms with E-state index in [1.807, 2.05) is 6.92 Å². The molecule has 1 heterocycles. The molecule has 17 heavy (non-hydrogen) atoms. The molecule has 0 spiro atoms. The van der Waals surface area contributed by atoms with E-state index in [4.69, 9.17) is 0 Å². The van der Waals surface area contributed by atoms with Crippen LogP contribution in [-0.4, -0.2) is 22.7 Å². The maximum absolute atomic E-state index is 12.0. The highest BCUT2D eigenvalue weighted by Gasteiger charge is 2.26. The molecule has 0 bridgehead atoms. The second kappa shape index (κ2) is 6.54. The van der Waals surface area contributed by atoms with Crippen LogP contribution in [-0.2, 0) is 0 Å². The molecular weight excluding hydrogens is 231 g/mol. The van der Waals surface area contributed by atoms with E-state index < -0.39 is 12.6 Å². The lowest BCUT2D eigenvalue weighted by Gasteiger charge is -2.17. The van der Waals surface area contributed by atoms with Gasteiger partial charge in [-0.25, -0.2) is 9.97 Å². The summed E-state index contributed by atoms with van der Waals surface area (Å²) in [6, 6.07) is -0.108. The Morgan fingerprint density at radius 3 is 2.47 bits per heavy atom. The van der Waals surface area contributed by atoms with Crippen LogP contribution in [0.4, 0.5) is 13.2 Å². The van der Waals surface area contributed by atoms with Crippen molar-refractivity contribution in [2.75, 3.05) is 6.54 Å². The highest BCUT2D eigenvalue weighted by atomic mass is 19.4. The number of nitrogens with one attached hydrogen (secondary N) is 1. The Balaban J connectivity index is 2.50. The number of rotatable bonds is 6. The Kier molecular flexibility index (Phi) is 5.34. The summed E-state index contributed by atoms with van der Waals surface area (Å²) in [6.07, 6.45) is 0.382. The molecule has 1 aromatic rings. The van der Waals surface area contributed by atoms with Gasteiger partial charge in [0.25, 0.3) is 0 Å². The Labute approximate surface area is 98.5 Å². The Bertz CT molecular complexity index is 313. The number of hydrogen-bond acceptors (Lipinski definition) is 3. The van der Waals surface area contributed by atoms with Crippen molar-refractivity contribution in [3.05, 3.63) is 24.3 Å². The average Bonchev–Trinajstić information content (AvgIpc) is 2.27. The summed E-state index contributed by atoms with van der Waals surface area (Å²) < 4.78 is 36.1. The number of halogens is 3. The van der Waals surface area contributed by atoms with Crippen LogP contribution in [0.1, 0.15) is 37.8 Å². The van der Waals surface area contributed by atoms with E-state index in [0.29, 0.717) is 13.0 Å². The summed E-state index contributed by atoms with van der Waals surface area (Å²) >= 11 is 0. The molecule has 1 rings (SSSR count). The fraction of sp³-hybridized carbons (Fsp3) is 0.636. The van der Waals surface area contributed by atoms with Crippen LogP contribution in [0.2, 0.25) is 0 Å². The topological polar surface area (TPSA) is 37.8 Å². The van der Waals surface area contributed by atoms with E-state index in [1.54, 1.807) is 12.4 Å². The van der Waals surface area contributed by atoms with E-state index in [9.17, 15) is 13.2 Å². The van der Waals surface area contributed by atoms with Crippen LogP contribution in [0, 0.1) is 0 Å². The van der Waals surface area contributed by atoms with Gasteiger partial charge in [-0.1, -0.05) is 6.92 Å². The number of hydrogen-bond donors (Lipinski definition) is 1. The van der Waals surface area contributed by atoms with Crippen molar-refractivity contribution >= 4 is 0 Å². The van der Waals surface area contributed by atoms with Crippen LogP contribution < -0.4 is 5.32 Å². The maximum Gasteiger partial charge on any atom is 0.389 e. The molecule has 0 aliphatic carbocycles. The summed E-state index contributed by atoms with van der Waals surface area (Å²) in [4.78, 5) is 7.74. The molecule has 3 nitrogen and oxygen atoms in total. The van der Waals surface area contributed by atoms with Gasteiger partial charge in [-0.15, -0.1) is 0 Å². The van der Waals surface area contributed by atoms with Gasteiger partial charge in [0.1, 0.15) is 6.33 Å². The van der Waals surface area contributed by atoms with E-state index in [0.717, 1.165) is 5.56 Å². The quantitative estimate of drug-likeness (QED) is 0.840. The molecule has 0 aliphatic heterocycles. The predicted octanol–water partition coefficient (Wildman–Crippen LogP) is 2.86. The van der Waals surface area contributed by atoms with Crippen molar-refractivity contribution in [3.8, 4) is 0 Å². The molecule has 1 N–H and O–H groups in total. The first-order valence-corrected chi connectivity index (χ1v) is 5.58. The van der Waals surface area contributed by atoms with Crippen molar-refractivity contribution in [1.82, 2.24) is 15.3 Å². The second-order valence-electron chi connectivity index (χ2n) is 3.79. The summed E-state index contributed by atoms with van der Waals surface area (Å²) in [5, 5.41) is 3.14. The molecule has 1 atom stereocenters. The lowest BCUT2D eigenvalue weighted by atomic mass is 10.0. The van der Waals surface area contributed by atoms with Crippen LogP contribution in [0.25, 0.3) is 0 Å². The molecule has 0 fully saturated rings. The van der Waals surface area contributed by atoms with Crippen LogP contribution in [0.3, 0.4) is 0 Å². The molecule has 0 aromatic carbocycles. The molecule has 1 unspecified atom stereocenters. The minimum atomic E-state index is -4.08. The number of nitrogens with zero attached hydrogens (tertiary/aromatic N) is 2. The highest BCUT2D eigenvalue weighted by molar-refractivity contribution is 5.08. The van der Waals surface area contributed by atoms with E-state index >= 15 is 0 Å². The molecule has 0 aliphatic rings. The van der Waals surface area contributed by atoms with Gasteiger partial charge in [0.05, 0.1) is 0 Å². The first kappa shape index (κ1) is 13.9. The molecule has 1 aromatic heterocycles. The van der Waals surface area contributed by atoms with E-state index in [2.05, 4.69) is 15.3 Å². The largest absolute Gasteiger partial charge is 0.389 e. The van der Waals surface area contributed by atoms with Gasteiger partial charge in [-0.2, -0.15) is 13.2 Å². The molecule has 6 heteroatoms. The van der Waals surface area contributed by atoms with Gasteiger partial charge in [0.15, 0.2) is 0 Å². The standard InChI is InChI=1S/C11H16F3N3/c1-2-17-10(4-3-5-11(12,13)14)9-6-15-8-16-7-9/h6-8,10,17H,2-5H2,1H3. The van der Waals surface area contributed by atoms with Crippen LogP contribution in [0.5, 0.6) is 0 Å². The second-order valence-corrected chi connectivity index (χ2v) is 3.79. The Morgan fingerprint density at radius 1 is 1.29 bits per heavy atom. The lowest BCUT2D eigenvalue weighted by Crippen LogP contribution is -2.21. The van der Waals surface area contributed by atoms with Crippen LogP contribution in [0.15, 0.2) is 18.7 Å². The van der Waals surface area contributed by atoms with Crippen LogP contribution >= 0.6 is 0 Å². The zero-order valence-corrected chi connectivity index (χ0v) is 9.67. The summed E-state index contributed by atoms with van der Waals surface area (Å²) in [6.45, 7) is 2.62. The zero-order chi connectivity index (χ0) is 12.7. The van der Waals surface area contributed by atoms with E-state index in [1.165, 1.54) is 6.33 Å². The third kappa shape index (κ3) is 5.63. The predicted molar refractivity (Wildman–Crippen MR) is 58.4 cm³/mol. The van der Waals surface area contributed by atoms with E-state index in [-0.39, 0.29) is 12.5 Å². The summed E-state index contributed by atoms with van der Waals surface area (Å²) in [7, 11) is 0. The minimum absolute atomic E-state index is 0.107. The third-order valence-corrected chi connectivity index (χ3v) is 2.39. The lowest BCUT2D eigenvalue weighted by molar-refractivity contribution is -0.135. The fourth-order valence-corrected chi connectivity index (χ4v) is 1.63. The smallest absolute Gasteiger partial charge is 0.310 e. The minimum Gasteiger partial charge on any atom is -0.310 e. The van der Waals surface area contributed by atoms with Crippen molar-refractivity contribution in [2.24, 2.45) is 0 Å². The first-order valence-electron chi connectivity index (χ1n) is 5.58. The maximum atomic E-state index is 12.0. The number of aromatic nitrogens is 2. The molecule has 0 radical (unpaired) electrons. The van der Waals surface area contributed by atoms with Gasteiger partial charge < -0.3 is 5.32 Å². The molecule has 0 saturated carbocycles. The normalized spacial score (nSPS) is 13.6. The van der Waals surface area contributed by atoms with Crippen molar-refractivity contribution in [2.45, 2.75) is 38.4 Å². The molecule has 96 valence electrons. The molecular formula is C11H16F3N3. The fourth-order valence-electron chi connectivity index (χ4n) is 1.63. The van der Waals surface area contributed by atoms with Gasteiger partial charge in [0.2, 0.25) is 0 Å². The van der Waals surface area contributed by atoms with Crippen molar-refractivity contribution < 1.29 is 13.2 Å². The van der Waals surface area contributed by atoms with Crippen molar-refractivity contribution in [1.29, 1.82) is 0 Å². The average molecular weight is 247 g/mol. The molecule has 0 amide bonds. The van der Waals surface area contributed by atoms with Gasteiger partial charge in [-0.05, 0) is 19.4 Å².